The van der Waals surface area contributed by atoms with Gasteiger partial charge in [0.2, 0.25) is 0 Å². The number of carbonyl (C=O) groups excluding carboxylic acids is 1. The van der Waals surface area contributed by atoms with Crippen molar-refractivity contribution in [1.82, 2.24) is 9.88 Å². The number of nitriles is 1. The van der Waals surface area contributed by atoms with Crippen LogP contribution in [0.2, 0.25) is 5.02 Å². The molecule has 0 aliphatic carbocycles. The Kier molecular flexibility index (Phi) is 6.79. The van der Waals surface area contributed by atoms with Gasteiger partial charge in [-0.1, -0.05) is 24.6 Å². The highest BCUT2D eigenvalue weighted by molar-refractivity contribution is 6.32. The first kappa shape index (κ1) is 23.6. The molecule has 0 unspecified atom stereocenters. The van der Waals surface area contributed by atoms with Crippen LogP contribution in [0.3, 0.4) is 0 Å². The number of piperidine rings is 1. The molecule has 1 N–H and O–H groups in total. The van der Waals surface area contributed by atoms with Gasteiger partial charge in [0.05, 0.1) is 16.1 Å². The van der Waals surface area contributed by atoms with Gasteiger partial charge in [0.25, 0.3) is 5.56 Å². The van der Waals surface area contributed by atoms with Crippen molar-refractivity contribution in [3.8, 4) is 22.9 Å². The normalized spacial score (nSPS) is 18.7. The van der Waals surface area contributed by atoms with Gasteiger partial charge < -0.3 is 19.4 Å². The molecule has 1 saturated heterocycles. The molecule has 170 valence electrons. The predicted octanol–water partition coefficient (Wildman–Crippen LogP) is 4.73. The third kappa shape index (κ3) is 5.22. The van der Waals surface area contributed by atoms with Crippen molar-refractivity contribution in [1.29, 1.82) is 5.26 Å². The van der Waals surface area contributed by atoms with Crippen LogP contribution < -0.4 is 10.3 Å². The quantitative estimate of drug-likeness (QED) is 0.712. The molecule has 1 fully saturated rings. The first-order chi connectivity index (χ1) is 15.0. The largest absolute Gasteiger partial charge is 0.488 e. The Balaban J connectivity index is 1.85. The molecule has 1 aliphatic heterocycles. The molecule has 0 bridgehead atoms. The summed E-state index contributed by atoms with van der Waals surface area (Å²) in [6, 6.07) is 5.64. The zero-order valence-corrected chi connectivity index (χ0v) is 19.1. The van der Waals surface area contributed by atoms with E-state index in [-0.39, 0.29) is 45.6 Å². The van der Waals surface area contributed by atoms with Gasteiger partial charge in [-0.15, -0.1) is 0 Å². The number of pyridine rings is 1. The van der Waals surface area contributed by atoms with Gasteiger partial charge in [-0.3, -0.25) is 4.79 Å². The average Bonchev–Trinajstić information content (AvgIpc) is 2.70. The van der Waals surface area contributed by atoms with Crippen LogP contribution in [0.15, 0.2) is 29.2 Å². The minimum absolute atomic E-state index is 0.0721. The van der Waals surface area contributed by atoms with Crippen molar-refractivity contribution < 1.29 is 18.7 Å². The molecule has 2 aromatic rings. The number of benzene rings is 1. The number of nitrogens with zero attached hydrogens (tertiary/aromatic N) is 2. The van der Waals surface area contributed by atoms with Gasteiger partial charge in [0, 0.05) is 31.6 Å². The molecule has 0 spiro atoms. The number of aromatic nitrogens is 1. The summed E-state index contributed by atoms with van der Waals surface area (Å²) >= 11 is 6.34. The number of ether oxygens (including phenoxy) is 2. The minimum Gasteiger partial charge on any atom is -0.488 e. The van der Waals surface area contributed by atoms with Crippen LogP contribution in [-0.4, -0.2) is 40.8 Å². The van der Waals surface area contributed by atoms with E-state index in [0.717, 1.165) is 6.07 Å². The molecule has 1 aliphatic rings. The summed E-state index contributed by atoms with van der Waals surface area (Å²) in [6.45, 7) is 8.21. The minimum atomic E-state index is -0.741. The fourth-order valence-corrected chi connectivity index (χ4v) is 3.76. The maximum atomic E-state index is 14.2. The van der Waals surface area contributed by atoms with Gasteiger partial charge in [0.1, 0.15) is 23.6 Å². The molecule has 0 saturated carbocycles. The number of rotatable bonds is 3. The Morgan fingerprint density at radius 1 is 1.38 bits per heavy atom. The Bertz CT molecular complexity index is 1120. The van der Waals surface area contributed by atoms with Gasteiger partial charge in [-0.2, -0.15) is 5.26 Å². The number of likely N-dealkylation sites (tertiary alicyclic amines) is 1. The van der Waals surface area contributed by atoms with Gasteiger partial charge in [-0.05, 0) is 38.5 Å². The molecule has 9 heteroatoms. The zero-order valence-electron chi connectivity index (χ0n) is 18.4. The molecule has 3 rings (SSSR count). The van der Waals surface area contributed by atoms with E-state index in [9.17, 15) is 14.0 Å². The summed E-state index contributed by atoms with van der Waals surface area (Å²) in [5.74, 6) is -0.673. The maximum absolute atomic E-state index is 14.2. The number of halogens is 2. The zero-order chi connectivity index (χ0) is 23.6. The van der Waals surface area contributed by atoms with E-state index in [1.54, 1.807) is 11.0 Å². The van der Waals surface area contributed by atoms with Crippen LogP contribution in [0.1, 0.15) is 39.7 Å². The third-order valence-electron chi connectivity index (χ3n) is 5.13. The number of amides is 1. The summed E-state index contributed by atoms with van der Waals surface area (Å²) in [7, 11) is 0. The molecule has 1 amide bonds. The Morgan fingerprint density at radius 2 is 2.09 bits per heavy atom. The van der Waals surface area contributed by atoms with Crippen LogP contribution in [0.5, 0.6) is 5.75 Å². The number of hydrogen-bond acceptors (Lipinski definition) is 5. The van der Waals surface area contributed by atoms with Gasteiger partial charge in [0.15, 0.2) is 5.75 Å². The first-order valence-electron chi connectivity index (χ1n) is 10.3. The van der Waals surface area contributed by atoms with Crippen molar-refractivity contribution >= 4 is 17.7 Å². The lowest BCUT2D eigenvalue weighted by Crippen LogP contribution is -2.48. The second kappa shape index (κ2) is 9.21. The Morgan fingerprint density at radius 3 is 2.69 bits per heavy atom. The number of H-pyrrole nitrogens is 1. The lowest BCUT2D eigenvalue weighted by Gasteiger charge is -2.37. The second-order valence-electron chi connectivity index (χ2n) is 8.82. The third-order valence-corrected chi connectivity index (χ3v) is 5.41. The van der Waals surface area contributed by atoms with E-state index in [2.05, 4.69) is 4.98 Å². The summed E-state index contributed by atoms with van der Waals surface area (Å²) in [6.07, 6.45) is 1.12. The topological polar surface area (TPSA) is 95.4 Å². The van der Waals surface area contributed by atoms with Crippen molar-refractivity contribution in [3.63, 3.8) is 0 Å². The van der Waals surface area contributed by atoms with E-state index in [4.69, 9.17) is 26.3 Å². The van der Waals surface area contributed by atoms with Gasteiger partial charge >= 0.3 is 6.09 Å². The molecule has 1 aromatic heterocycles. The lowest BCUT2D eigenvalue weighted by atomic mass is 9.96. The van der Waals surface area contributed by atoms with Crippen LogP contribution >= 0.6 is 11.6 Å². The molecule has 1 aromatic carbocycles. The van der Waals surface area contributed by atoms with E-state index in [1.165, 1.54) is 18.3 Å². The molecule has 32 heavy (non-hydrogen) atoms. The Labute approximate surface area is 190 Å². The fourth-order valence-electron chi connectivity index (χ4n) is 3.57. The first-order valence-corrected chi connectivity index (χ1v) is 10.6. The van der Waals surface area contributed by atoms with Crippen molar-refractivity contribution in [2.24, 2.45) is 5.92 Å². The summed E-state index contributed by atoms with van der Waals surface area (Å²) < 4.78 is 25.8. The van der Waals surface area contributed by atoms with Crippen LogP contribution in [-0.2, 0) is 4.74 Å². The molecule has 0 radical (unpaired) electrons. The molecule has 2 heterocycles. The van der Waals surface area contributed by atoms with Crippen LogP contribution in [0, 0.1) is 23.1 Å². The van der Waals surface area contributed by atoms with E-state index in [0.29, 0.717) is 19.5 Å². The fraction of sp³-hybridized carbons (Fsp3) is 0.435. The average molecular weight is 462 g/mol. The number of hydrogen-bond donors (Lipinski definition) is 1. The summed E-state index contributed by atoms with van der Waals surface area (Å²) in [5, 5.41) is 9.13. The van der Waals surface area contributed by atoms with Crippen molar-refractivity contribution in [2.45, 2.75) is 45.8 Å². The highest BCUT2D eigenvalue weighted by Crippen LogP contribution is 2.36. The number of aromatic amines is 1. The van der Waals surface area contributed by atoms with E-state index < -0.39 is 17.0 Å². The predicted molar refractivity (Wildman–Crippen MR) is 118 cm³/mol. The standard InChI is InChI=1S/C23H25ClFN3O4/c1-13-12-28(22(30)32-23(2,3)4)8-7-18(13)31-20-16(24)11-27-21(29)19(20)14-5-6-15(10-26)17(25)9-14/h5-6,9,11,13,18H,7-8,12H2,1-4H3,(H,27,29)/t13-,18-/m0/s1. The highest BCUT2D eigenvalue weighted by atomic mass is 35.5. The van der Waals surface area contributed by atoms with E-state index >= 15 is 0 Å². The highest BCUT2D eigenvalue weighted by Gasteiger charge is 2.33. The lowest BCUT2D eigenvalue weighted by molar-refractivity contribution is 0.000437. The van der Waals surface area contributed by atoms with E-state index in [1.807, 2.05) is 27.7 Å². The van der Waals surface area contributed by atoms with Crippen molar-refractivity contribution in [3.05, 3.63) is 51.2 Å². The van der Waals surface area contributed by atoms with Crippen LogP contribution in [0.4, 0.5) is 9.18 Å². The van der Waals surface area contributed by atoms with Crippen LogP contribution in [0.25, 0.3) is 11.1 Å². The number of carbonyl (C=O) groups is 1. The van der Waals surface area contributed by atoms with Gasteiger partial charge in [-0.25, -0.2) is 9.18 Å². The monoisotopic (exact) mass is 461 g/mol. The maximum Gasteiger partial charge on any atom is 0.410 e. The van der Waals surface area contributed by atoms with Crippen molar-refractivity contribution in [2.75, 3.05) is 13.1 Å². The molecule has 7 nitrogen and oxygen atoms in total. The number of nitrogens with one attached hydrogen (secondary N) is 1. The SMILES string of the molecule is C[C@H]1CN(C(=O)OC(C)(C)C)CC[C@@H]1Oc1c(Cl)c[nH]c(=O)c1-c1ccc(C#N)c(F)c1. The molecular formula is C23H25ClFN3O4. The Hall–Kier alpha value is -3.05. The summed E-state index contributed by atoms with van der Waals surface area (Å²) in [5.41, 5.74) is -0.871. The summed E-state index contributed by atoms with van der Waals surface area (Å²) in [4.78, 5) is 29.1. The molecule has 2 atom stereocenters. The smallest absolute Gasteiger partial charge is 0.410 e. The molecular weight excluding hydrogens is 437 g/mol. The second-order valence-corrected chi connectivity index (χ2v) is 9.23.